The number of carbonyl (C=O) groups excluding carboxylic acids is 1. The van der Waals surface area contributed by atoms with Crippen molar-refractivity contribution in [2.75, 3.05) is 25.6 Å². The summed E-state index contributed by atoms with van der Waals surface area (Å²) in [5, 5.41) is 13.9. The third-order valence-corrected chi connectivity index (χ3v) is 5.29. The van der Waals surface area contributed by atoms with E-state index in [0.717, 1.165) is 11.1 Å². The lowest BCUT2D eigenvalue weighted by molar-refractivity contribution is -0.123. The zero-order valence-corrected chi connectivity index (χ0v) is 19.2. The summed E-state index contributed by atoms with van der Waals surface area (Å²) in [5.74, 6) is 0.492. The summed E-state index contributed by atoms with van der Waals surface area (Å²) in [6.45, 7) is 5.98. The number of aryl methyl sites for hydroxylation is 1. The van der Waals surface area contributed by atoms with Crippen LogP contribution in [0.2, 0.25) is 0 Å². The van der Waals surface area contributed by atoms with Crippen molar-refractivity contribution in [2.24, 2.45) is 13.0 Å². The van der Waals surface area contributed by atoms with Crippen LogP contribution in [-0.2, 0) is 22.2 Å². The number of ketones is 1. The first-order valence-electron chi connectivity index (χ1n) is 10.5. The third kappa shape index (κ3) is 5.38. The maximum atomic E-state index is 12.8. The van der Waals surface area contributed by atoms with Crippen molar-refractivity contribution in [3.63, 3.8) is 0 Å². The average molecular weight is 439 g/mol. The molecule has 32 heavy (non-hydrogen) atoms. The van der Waals surface area contributed by atoms with Crippen molar-refractivity contribution in [1.29, 1.82) is 0 Å². The van der Waals surface area contributed by atoms with Crippen LogP contribution >= 0.6 is 0 Å². The van der Waals surface area contributed by atoms with Crippen LogP contribution in [-0.4, -0.2) is 45.7 Å². The van der Waals surface area contributed by atoms with Gasteiger partial charge in [0.25, 0.3) is 5.56 Å². The Hall–Kier alpha value is -3.10. The van der Waals surface area contributed by atoms with E-state index in [1.807, 2.05) is 31.2 Å². The van der Waals surface area contributed by atoms with Crippen LogP contribution in [0.1, 0.15) is 32.8 Å². The minimum Gasteiger partial charge on any atom is -0.386 e. The molecule has 0 spiro atoms. The molecule has 2 heterocycles. The van der Waals surface area contributed by atoms with Crippen LogP contribution < -0.4 is 10.9 Å². The number of anilines is 1. The number of hydrogen-bond acceptors (Lipinski definition) is 7. The second-order valence-corrected chi connectivity index (χ2v) is 8.71. The number of hydrogen-bond donors (Lipinski definition) is 2. The predicted octanol–water partition coefficient (Wildman–Crippen LogP) is 2.88. The third-order valence-electron chi connectivity index (χ3n) is 5.29. The Bertz CT molecular complexity index is 1160. The zero-order chi connectivity index (χ0) is 23.5. The highest BCUT2D eigenvalue weighted by atomic mass is 16.5. The van der Waals surface area contributed by atoms with Gasteiger partial charge >= 0.3 is 0 Å². The van der Waals surface area contributed by atoms with Gasteiger partial charge in [-0.1, -0.05) is 31.2 Å². The first kappa shape index (κ1) is 23.6. The van der Waals surface area contributed by atoms with E-state index in [0.29, 0.717) is 35.4 Å². The quantitative estimate of drug-likeness (QED) is 0.529. The van der Waals surface area contributed by atoms with Gasteiger partial charge in [0.05, 0.1) is 23.1 Å². The maximum Gasteiger partial charge on any atom is 0.264 e. The maximum absolute atomic E-state index is 12.8. The predicted molar refractivity (Wildman–Crippen MR) is 125 cm³/mol. The molecule has 2 N–H and O–H groups in total. The molecule has 1 aromatic carbocycles. The van der Waals surface area contributed by atoms with E-state index in [2.05, 4.69) is 10.3 Å². The van der Waals surface area contributed by atoms with Gasteiger partial charge in [0.15, 0.2) is 5.78 Å². The first-order chi connectivity index (χ1) is 15.1. The number of Topliss-reactive ketones (excluding diaryl/α,β-unsaturated/α-hetero) is 1. The summed E-state index contributed by atoms with van der Waals surface area (Å²) in [7, 11) is 3.15. The molecule has 2 aromatic heterocycles. The van der Waals surface area contributed by atoms with Gasteiger partial charge in [0, 0.05) is 32.7 Å². The fourth-order valence-corrected chi connectivity index (χ4v) is 3.50. The number of benzene rings is 1. The molecule has 0 saturated carbocycles. The van der Waals surface area contributed by atoms with Crippen molar-refractivity contribution in [3.8, 4) is 11.3 Å². The zero-order valence-electron chi connectivity index (χ0n) is 19.2. The van der Waals surface area contributed by atoms with Crippen molar-refractivity contribution < 1.29 is 14.6 Å². The van der Waals surface area contributed by atoms with Crippen LogP contribution in [0, 0.1) is 5.92 Å². The molecular weight excluding hydrogens is 408 g/mol. The minimum absolute atomic E-state index is 0.0258. The molecule has 0 fully saturated rings. The number of fused-ring (bicyclic) bond motifs is 1. The van der Waals surface area contributed by atoms with Crippen LogP contribution in [0.5, 0.6) is 0 Å². The molecule has 0 bridgehead atoms. The summed E-state index contributed by atoms with van der Waals surface area (Å²) in [4.78, 5) is 33.8. The summed E-state index contributed by atoms with van der Waals surface area (Å²) in [6, 6.07) is 9.27. The van der Waals surface area contributed by atoms with Crippen LogP contribution in [0.3, 0.4) is 0 Å². The average Bonchev–Trinajstić information content (AvgIpc) is 2.74. The van der Waals surface area contributed by atoms with E-state index in [4.69, 9.17) is 9.72 Å². The van der Waals surface area contributed by atoms with Gasteiger partial charge in [0.2, 0.25) is 0 Å². The molecule has 0 aliphatic heterocycles. The largest absolute Gasteiger partial charge is 0.386 e. The summed E-state index contributed by atoms with van der Waals surface area (Å²) in [6.07, 6.45) is 1.86. The van der Waals surface area contributed by atoms with Crippen molar-refractivity contribution in [2.45, 2.75) is 32.8 Å². The molecule has 8 nitrogen and oxygen atoms in total. The number of ether oxygens (including phenoxy) is 1. The number of pyridine rings is 1. The Labute approximate surface area is 187 Å². The van der Waals surface area contributed by atoms with E-state index >= 15 is 0 Å². The molecule has 0 saturated heterocycles. The normalized spacial score (nSPS) is 12.7. The summed E-state index contributed by atoms with van der Waals surface area (Å²) in [5.41, 5.74) is 1.70. The number of aromatic nitrogens is 3. The van der Waals surface area contributed by atoms with Gasteiger partial charge in [0.1, 0.15) is 17.8 Å². The Morgan fingerprint density at radius 3 is 2.59 bits per heavy atom. The molecule has 170 valence electrons. The molecule has 1 atom stereocenters. The van der Waals surface area contributed by atoms with E-state index < -0.39 is 5.60 Å². The minimum atomic E-state index is -0.938. The van der Waals surface area contributed by atoms with Gasteiger partial charge in [-0.25, -0.2) is 9.97 Å². The van der Waals surface area contributed by atoms with Crippen molar-refractivity contribution in [1.82, 2.24) is 14.5 Å². The number of nitrogens with zero attached hydrogens (tertiary/aromatic N) is 3. The van der Waals surface area contributed by atoms with Gasteiger partial charge < -0.3 is 19.7 Å². The van der Waals surface area contributed by atoms with E-state index in [9.17, 15) is 14.7 Å². The highest BCUT2D eigenvalue weighted by Crippen LogP contribution is 2.27. The number of nitrogens with one attached hydrogen (secondary N) is 1. The van der Waals surface area contributed by atoms with Gasteiger partial charge in [-0.05, 0) is 31.4 Å². The second kappa shape index (κ2) is 9.58. The standard InChI is InChI=1S/C24H30N4O4/c1-15(10-18(29)13-32-5)12-25-22-21-20(26-14-28(4)23(21)30)11-19(27-22)16-6-8-17(9-7-16)24(2,3)31/h6-9,11,14-15,31H,10,12-13H2,1-5H3,(H,25,27)/t15-/m1/s1. The molecule has 0 unspecified atom stereocenters. The Morgan fingerprint density at radius 2 is 1.97 bits per heavy atom. The summed E-state index contributed by atoms with van der Waals surface area (Å²) < 4.78 is 6.31. The fraction of sp³-hybridized carbons (Fsp3) is 0.417. The van der Waals surface area contributed by atoms with Crippen molar-refractivity contribution in [3.05, 3.63) is 52.6 Å². The SMILES string of the molecule is COCC(=O)C[C@@H](C)CNc1nc(-c2ccc(C(C)(C)O)cc2)cc2ncn(C)c(=O)c12. The van der Waals surface area contributed by atoms with E-state index in [-0.39, 0.29) is 23.9 Å². The first-order valence-corrected chi connectivity index (χ1v) is 10.5. The number of carbonyl (C=O) groups is 1. The van der Waals surface area contributed by atoms with E-state index in [1.54, 1.807) is 27.0 Å². The number of methoxy groups -OCH3 is 1. The van der Waals surface area contributed by atoms with Crippen LogP contribution in [0.25, 0.3) is 22.2 Å². The molecule has 0 aliphatic carbocycles. The summed E-state index contributed by atoms with van der Waals surface area (Å²) >= 11 is 0. The molecule has 3 rings (SSSR count). The Kier molecular flexibility index (Phi) is 7.06. The second-order valence-electron chi connectivity index (χ2n) is 8.71. The smallest absolute Gasteiger partial charge is 0.264 e. The van der Waals surface area contributed by atoms with Crippen LogP contribution in [0.4, 0.5) is 5.82 Å². The molecule has 0 radical (unpaired) electrons. The molecule has 3 aromatic rings. The van der Waals surface area contributed by atoms with Gasteiger partial charge in [-0.15, -0.1) is 0 Å². The highest BCUT2D eigenvalue weighted by molar-refractivity contribution is 5.91. The molecular formula is C24H30N4O4. The molecule has 0 amide bonds. The number of aliphatic hydroxyl groups is 1. The van der Waals surface area contributed by atoms with Gasteiger partial charge in [-0.3, -0.25) is 9.59 Å². The lowest BCUT2D eigenvalue weighted by Gasteiger charge is -2.18. The molecule has 0 aliphatic rings. The lowest BCUT2D eigenvalue weighted by atomic mass is 9.96. The lowest BCUT2D eigenvalue weighted by Crippen LogP contribution is -2.22. The van der Waals surface area contributed by atoms with Gasteiger partial charge in [-0.2, -0.15) is 0 Å². The van der Waals surface area contributed by atoms with E-state index in [1.165, 1.54) is 18.0 Å². The highest BCUT2D eigenvalue weighted by Gasteiger charge is 2.17. The van der Waals surface area contributed by atoms with Crippen LogP contribution in [0.15, 0.2) is 41.5 Å². The monoisotopic (exact) mass is 438 g/mol. The molecule has 8 heteroatoms. The topological polar surface area (TPSA) is 106 Å². The Balaban J connectivity index is 1.97. The number of rotatable bonds is 9. The Morgan fingerprint density at radius 1 is 1.28 bits per heavy atom. The fourth-order valence-electron chi connectivity index (χ4n) is 3.50. The van der Waals surface area contributed by atoms with Crippen molar-refractivity contribution >= 4 is 22.5 Å².